The van der Waals surface area contributed by atoms with E-state index in [1.165, 1.54) is 0 Å². The van der Waals surface area contributed by atoms with Crippen LogP contribution < -0.4 is 27.8 Å². The number of nitrogens with zero attached hydrogens (tertiary/aromatic N) is 1. The number of rotatable bonds is 16. The lowest BCUT2D eigenvalue weighted by Gasteiger charge is -2.25. The van der Waals surface area contributed by atoms with Crippen molar-refractivity contribution in [2.24, 2.45) is 27.6 Å². The van der Waals surface area contributed by atoms with Crippen molar-refractivity contribution in [2.45, 2.75) is 45.1 Å². The third-order valence-electron chi connectivity index (χ3n) is 4.45. The fourth-order valence-electron chi connectivity index (χ4n) is 2.46. The van der Waals surface area contributed by atoms with Crippen LogP contribution in [0.2, 0.25) is 0 Å². The van der Waals surface area contributed by atoms with Gasteiger partial charge in [-0.05, 0) is 44.6 Å². The van der Waals surface area contributed by atoms with Gasteiger partial charge in [0, 0.05) is 13.0 Å². The summed E-state index contributed by atoms with van der Waals surface area (Å²) in [5.74, 6) is -0.653. The van der Waals surface area contributed by atoms with Gasteiger partial charge >= 0.3 is 5.97 Å². The fourth-order valence-corrected chi connectivity index (χ4v) is 3.12. The first-order valence-corrected chi connectivity index (χ1v) is 10.6. The molecule has 11 heteroatoms. The van der Waals surface area contributed by atoms with Gasteiger partial charge in [0.05, 0.1) is 24.7 Å². The molecule has 28 heavy (non-hydrogen) atoms. The largest absolute Gasteiger partial charge is 0.481 e. The van der Waals surface area contributed by atoms with Gasteiger partial charge in [-0.15, -0.1) is 0 Å². The van der Waals surface area contributed by atoms with E-state index >= 15 is 0 Å². The number of aliphatic imine (C=N–C) groups is 1. The van der Waals surface area contributed by atoms with Crippen LogP contribution in [-0.4, -0.2) is 66.5 Å². The van der Waals surface area contributed by atoms with Crippen molar-refractivity contribution in [1.82, 2.24) is 10.6 Å². The molecule has 0 saturated heterocycles. The summed E-state index contributed by atoms with van der Waals surface area (Å²) >= 11 is 1.57. The average molecular weight is 419 g/mol. The summed E-state index contributed by atoms with van der Waals surface area (Å²) in [4.78, 5) is 39.5. The number of hydrogen-bond acceptors (Lipinski definition) is 7. The Bertz CT molecular complexity index is 542. The predicted molar refractivity (Wildman–Crippen MR) is 112 cm³/mol. The van der Waals surface area contributed by atoms with E-state index < -0.39 is 17.4 Å². The summed E-state index contributed by atoms with van der Waals surface area (Å²) in [6, 6.07) is -0.536. The highest BCUT2D eigenvalue weighted by Gasteiger charge is 2.33. The van der Waals surface area contributed by atoms with E-state index in [9.17, 15) is 19.5 Å². The molecule has 0 aliphatic rings. The molecule has 2 unspecified atom stereocenters. The third-order valence-corrected chi connectivity index (χ3v) is 5.06. The van der Waals surface area contributed by atoms with Crippen molar-refractivity contribution in [3.63, 3.8) is 0 Å². The van der Waals surface area contributed by atoms with Crippen molar-refractivity contribution < 1.29 is 19.5 Å². The maximum absolute atomic E-state index is 12.7. The number of aliphatic carboxylic acids is 1. The Hall–Kier alpha value is -1.85. The van der Waals surface area contributed by atoms with Crippen LogP contribution in [0, 0.1) is 5.41 Å². The minimum Gasteiger partial charge on any atom is -0.481 e. The SMILES string of the molecule is CSCCC(C)(CCC(=O)C(CCCN=C(N)N)NCNC(=O)CN)C(=O)O. The van der Waals surface area contributed by atoms with Crippen molar-refractivity contribution >= 4 is 35.4 Å². The summed E-state index contributed by atoms with van der Waals surface area (Å²) in [6.45, 7) is 2.00. The van der Waals surface area contributed by atoms with Gasteiger partial charge in [-0.25, -0.2) is 0 Å². The highest BCUT2D eigenvalue weighted by Crippen LogP contribution is 2.30. The van der Waals surface area contributed by atoms with Crippen LogP contribution in [0.15, 0.2) is 4.99 Å². The topological polar surface area (TPSA) is 186 Å². The minimum atomic E-state index is -0.949. The maximum Gasteiger partial charge on any atom is 0.309 e. The number of nitrogens with two attached hydrogens (primary N) is 3. The summed E-state index contributed by atoms with van der Waals surface area (Å²) in [7, 11) is 0. The second-order valence-corrected chi connectivity index (χ2v) is 7.75. The number of thioether (sulfide) groups is 1. The van der Waals surface area contributed by atoms with E-state index in [0.717, 1.165) is 0 Å². The number of amides is 1. The molecule has 0 heterocycles. The Balaban J connectivity index is 4.83. The van der Waals surface area contributed by atoms with Crippen LogP contribution in [0.4, 0.5) is 0 Å². The lowest BCUT2D eigenvalue weighted by molar-refractivity contribution is -0.148. The standard InChI is InChI=1S/C17H34N6O4S/c1-17(15(26)27,7-9-28-2)6-5-13(24)12(4-3-8-21-16(19)20)22-11-23-14(25)10-18/h12,22H,3-11,18H2,1-2H3,(H,23,25)(H,26,27)(H4,19,20,21). The third kappa shape index (κ3) is 11.1. The number of guanidine groups is 1. The van der Waals surface area contributed by atoms with Gasteiger partial charge in [-0.3, -0.25) is 24.7 Å². The molecule has 0 radical (unpaired) electrons. The fraction of sp³-hybridized carbons (Fsp3) is 0.765. The van der Waals surface area contributed by atoms with E-state index in [2.05, 4.69) is 15.6 Å². The summed E-state index contributed by atoms with van der Waals surface area (Å²) in [5.41, 5.74) is 14.9. The molecule has 0 aliphatic heterocycles. The van der Waals surface area contributed by atoms with Crippen LogP contribution >= 0.6 is 11.8 Å². The number of carboxylic acids is 1. The molecule has 0 bridgehead atoms. The lowest BCUT2D eigenvalue weighted by atomic mass is 9.81. The average Bonchev–Trinajstić information content (AvgIpc) is 2.65. The highest BCUT2D eigenvalue weighted by atomic mass is 32.2. The number of carbonyl (C=O) groups is 3. The van der Waals surface area contributed by atoms with E-state index in [4.69, 9.17) is 17.2 Å². The molecule has 0 aliphatic carbocycles. The van der Waals surface area contributed by atoms with Gasteiger partial charge in [0.15, 0.2) is 5.96 Å². The van der Waals surface area contributed by atoms with Crippen molar-refractivity contribution in [3.05, 3.63) is 0 Å². The normalized spacial score (nSPS) is 14.0. The van der Waals surface area contributed by atoms with Crippen LogP contribution in [0.3, 0.4) is 0 Å². The molecule has 0 saturated carbocycles. The molecule has 0 fully saturated rings. The van der Waals surface area contributed by atoms with Crippen LogP contribution in [0.5, 0.6) is 0 Å². The van der Waals surface area contributed by atoms with E-state index in [1.54, 1.807) is 18.7 Å². The number of nitrogens with one attached hydrogen (secondary N) is 2. The Morgan fingerprint density at radius 2 is 1.93 bits per heavy atom. The highest BCUT2D eigenvalue weighted by molar-refractivity contribution is 7.98. The first-order chi connectivity index (χ1) is 13.2. The molecule has 0 aromatic rings. The Morgan fingerprint density at radius 1 is 1.25 bits per heavy atom. The van der Waals surface area contributed by atoms with Gasteiger partial charge in [0.25, 0.3) is 0 Å². The zero-order valence-electron chi connectivity index (χ0n) is 16.7. The van der Waals surface area contributed by atoms with Gasteiger partial charge in [-0.2, -0.15) is 11.8 Å². The Morgan fingerprint density at radius 3 is 2.46 bits per heavy atom. The van der Waals surface area contributed by atoms with E-state index in [-0.39, 0.29) is 43.7 Å². The molecule has 0 spiro atoms. The number of carbonyl (C=O) groups excluding carboxylic acids is 2. The second kappa shape index (κ2) is 14.2. The molecular weight excluding hydrogens is 384 g/mol. The van der Waals surface area contributed by atoms with Gasteiger partial charge in [-0.1, -0.05) is 0 Å². The number of Topliss-reactive ketones (excluding diaryl/α,β-unsaturated/α-hetero) is 1. The van der Waals surface area contributed by atoms with Gasteiger partial charge in [0.1, 0.15) is 5.78 Å². The molecular formula is C17H34N6O4S. The summed E-state index contributed by atoms with van der Waals surface area (Å²) < 4.78 is 0. The van der Waals surface area contributed by atoms with E-state index in [0.29, 0.717) is 31.6 Å². The quantitative estimate of drug-likeness (QED) is 0.0809. The maximum atomic E-state index is 12.7. The number of ketones is 1. The van der Waals surface area contributed by atoms with Crippen LogP contribution in [-0.2, 0) is 14.4 Å². The van der Waals surface area contributed by atoms with Crippen molar-refractivity contribution in [2.75, 3.05) is 31.8 Å². The Labute approximate surface area is 170 Å². The van der Waals surface area contributed by atoms with Gasteiger partial charge in [0.2, 0.25) is 5.91 Å². The molecule has 0 aromatic carbocycles. The van der Waals surface area contributed by atoms with Crippen molar-refractivity contribution in [1.29, 1.82) is 0 Å². The first-order valence-electron chi connectivity index (χ1n) is 9.17. The monoisotopic (exact) mass is 418 g/mol. The van der Waals surface area contributed by atoms with E-state index in [1.807, 2.05) is 6.26 Å². The lowest BCUT2D eigenvalue weighted by Crippen LogP contribution is -2.45. The zero-order valence-corrected chi connectivity index (χ0v) is 17.5. The smallest absolute Gasteiger partial charge is 0.309 e. The molecule has 0 aromatic heterocycles. The molecule has 0 rings (SSSR count). The molecule has 2 atom stereocenters. The first kappa shape index (κ1) is 26.1. The second-order valence-electron chi connectivity index (χ2n) is 6.76. The number of hydrogen-bond donors (Lipinski definition) is 6. The molecule has 10 nitrogen and oxygen atoms in total. The minimum absolute atomic E-state index is 0.0166. The zero-order chi connectivity index (χ0) is 21.6. The van der Waals surface area contributed by atoms with Crippen molar-refractivity contribution in [3.8, 4) is 0 Å². The number of carboxylic acid groups (broad SMARTS) is 1. The Kier molecular flexibility index (Phi) is 13.3. The molecule has 162 valence electrons. The summed E-state index contributed by atoms with van der Waals surface area (Å²) in [5, 5.41) is 15.1. The molecule has 9 N–H and O–H groups in total. The molecule has 1 amide bonds. The predicted octanol–water partition coefficient (Wildman–Crippen LogP) is -0.776. The van der Waals surface area contributed by atoms with Crippen LogP contribution in [0.1, 0.15) is 39.0 Å². The van der Waals surface area contributed by atoms with Crippen LogP contribution in [0.25, 0.3) is 0 Å². The summed E-state index contributed by atoms with van der Waals surface area (Å²) in [6.07, 6.45) is 3.81. The van der Waals surface area contributed by atoms with Gasteiger partial charge < -0.3 is 27.6 Å².